The van der Waals surface area contributed by atoms with Crippen molar-refractivity contribution in [2.24, 2.45) is 0 Å². The summed E-state index contributed by atoms with van der Waals surface area (Å²) in [6, 6.07) is 17.2. The monoisotopic (exact) mass is 523 g/mol. The summed E-state index contributed by atoms with van der Waals surface area (Å²) in [7, 11) is -3.82. The van der Waals surface area contributed by atoms with E-state index in [1.165, 1.54) is 30.3 Å². The quantitative estimate of drug-likeness (QED) is 0.266. The van der Waals surface area contributed by atoms with Gasteiger partial charge < -0.3 is 15.4 Å². The molecule has 0 amide bonds. The fourth-order valence-electron chi connectivity index (χ4n) is 2.69. The first-order valence-corrected chi connectivity index (χ1v) is 12.3. The maximum atomic E-state index is 12.6. The van der Waals surface area contributed by atoms with Crippen LogP contribution in [0.15, 0.2) is 71.6 Å². The molecule has 0 saturated heterocycles. The van der Waals surface area contributed by atoms with Crippen molar-refractivity contribution in [2.75, 3.05) is 22.0 Å². The number of rotatable bonds is 7. The Balaban J connectivity index is 1.61. The molecule has 0 aliphatic carbocycles. The van der Waals surface area contributed by atoms with Gasteiger partial charge in [-0.15, -0.1) is 0 Å². The molecular weight excluding hydrogens is 505 g/mol. The second-order valence-electron chi connectivity index (χ2n) is 6.64. The predicted molar refractivity (Wildman–Crippen MR) is 136 cm³/mol. The number of hydrogen-bond acceptors (Lipinski definition) is 5. The number of carbonyl (C=O) groups is 1. The van der Waals surface area contributed by atoms with Gasteiger partial charge in [0.15, 0.2) is 5.11 Å². The van der Waals surface area contributed by atoms with Crippen LogP contribution < -0.4 is 15.4 Å². The number of halogens is 2. The summed E-state index contributed by atoms with van der Waals surface area (Å²) >= 11 is 17.1. The number of ether oxygens (including phenoxy) is 1. The molecule has 0 aromatic heterocycles. The van der Waals surface area contributed by atoms with Gasteiger partial charge in [0, 0.05) is 11.4 Å². The zero-order valence-electron chi connectivity index (χ0n) is 17.3. The van der Waals surface area contributed by atoms with Crippen molar-refractivity contribution < 1.29 is 17.9 Å². The highest BCUT2D eigenvalue weighted by Crippen LogP contribution is 2.26. The van der Waals surface area contributed by atoms with Crippen LogP contribution in [0, 0.1) is 0 Å². The number of thiocarbonyl (C=S) groups is 1. The molecule has 33 heavy (non-hydrogen) atoms. The number of nitrogens with one attached hydrogen (secondary N) is 3. The van der Waals surface area contributed by atoms with E-state index >= 15 is 0 Å². The average Bonchev–Trinajstić information content (AvgIpc) is 2.77. The van der Waals surface area contributed by atoms with Crippen LogP contribution in [0.3, 0.4) is 0 Å². The van der Waals surface area contributed by atoms with E-state index in [9.17, 15) is 13.2 Å². The normalized spacial score (nSPS) is 10.9. The topological polar surface area (TPSA) is 96.5 Å². The van der Waals surface area contributed by atoms with Gasteiger partial charge in [0.05, 0.1) is 32.8 Å². The summed E-state index contributed by atoms with van der Waals surface area (Å²) in [4.78, 5) is 11.8. The third-order valence-corrected chi connectivity index (χ3v) is 6.59. The van der Waals surface area contributed by atoms with E-state index < -0.39 is 16.0 Å². The maximum Gasteiger partial charge on any atom is 0.338 e. The lowest BCUT2D eigenvalue weighted by Gasteiger charge is -2.12. The molecule has 0 unspecified atom stereocenters. The van der Waals surface area contributed by atoms with Crippen molar-refractivity contribution in [3.63, 3.8) is 0 Å². The zero-order valence-corrected chi connectivity index (χ0v) is 20.4. The third kappa shape index (κ3) is 6.82. The number of hydrogen-bond donors (Lipinski definition) is 3. The van der Waals surface area contributed by atoms with Crippen LogP contribution in [0.5, 0.6) is 0 Å². The Kier molecular flexibility index (Phi) is 8.15. The van der Waals surface area contributed by atoms with E-state index in [1.807, 2.05) is 0 Å². The van der Waals surface area contributed by atoms with E-state index in [0.717, 1.165) is 0 Å². The number of esters is 1. The molecule has 11 heteroatoms. The van der Waals surface area contributed by atoms with Crippen molar-refractivity contribution in [1.29, 1.82) is 0 Å². The molecule has 0 fully saturated rings. The highest BCUT2D eigenvalue weighted by Gasteiger charge is 2.15. The van der Waals surface area contributed by atoms with E-state index in [4.69, 9.17) is 40.2 Å². The van der Waals surface area contributed by atoms with Crippen LogP contribution in [0.25, 0.3) is 0 Å². The molecule has 0 saturated carbocycles. The minimum atomic E-state index is -3.82. The molecule has 0 aliphatic heterocycles. The Bertz CT molecular complexity index is 1270. The third-order valence-electron chi connectivity index (χ3n) is 4.25. The highest BCUT2D eigenvalue weighted by atomic mass is 35.5. The number of benzene rings is 3. The van der Waals surface area contributed by atoms with E-state index in [1.54, 1.807) is 43.3 Å². The minimum Gasteiger partial charge on any atom is -0.462 e. The number of sulfonamides is 1. The number of carbonyl (C=O) groups excluding carboxylic acids is 1. The Morgan fingerprint density at radius 1 is 0.879 bits per heavy atom. The Hall–Kier alpha value is -2.85. The molecular formula is C22H19Cl2N3O4S2. The Morgan fingerprint density at radius 3 is 1.97 bits per heavy atom. The second kappa shape index (κ2) is 10.8. The summed E-state index contributed by atoms with van der Waals surface area (Å²) in [5.41, 5.74) is 1.99. The molecule has 3 rings (SSSR count). The Morgan fingerprint density at radius 2 is 1.42 bits per heavy atom. The van der Waals surface area contributed by atoms with Crippen LogP contribution in [0.1, 0.15) is 17.3 Å². The van der Waals surface area contributed by atoms with Gasteiger partial charge in [-0.3, -0.25) is 4.72 Å². The second-order valence-corrected chi connectivity index (χ2v) is 9.54. The molecule has 3 aromatic carbocycles. The molecule has 0 radical (unpaired) electrons. The van der Waals surface area contributed by atoms with Crippen LogP contribution >= 0.6 is 35.4 Å². The average molecular weight is 524 g/mol. The summed E-state index contributed by atoms with van der Waals surface area (Å²) in [5.74, 6) is -0.395. The summed E-state index contributed by atoms with van der Waals surface area (Å²) in [6.07, 6.45) is 0. The lowest BCUT2D eigenvalue weighted by Crippen LogP contribution is -2.19. The summed E-state index contributed by atoms with van der Waals surface area (Å²) < 4.78 is 32.6. The predicted octanol–water partition coefficient (Wildman–Crippen LogP) is 5.78. The van der Waals surface area contributed by atoms with Crippen molar-refractivity contribution in [2.45, 2.75) is 11.8 Å². The van der Waals surface area contributed by atoms with Crippen LogP contribution in [0.4, 0.5) is 17.1 Å². The molecule has 0 bridgehead atoms. The molecule has 172 valence electrons. The summed E-state index contributed by atoms with van der Waals surface area (Å²) in [5, 5.41) is 6.83. The zero-order chi connectivity index (χ0) is 24.0. The highest BCUT2D eigenvalue weighted by molar-refractivity contribution is 7.92. The maximum absolute atomic E-state index is 12.6. The molecule has 7 nitrogen and oxygen atoms in total. The van der Waals surface area contributed by atoms with Crippen LogP contribution in [-0.2, 0) is 14.8 Å². The van der Waals surface area contributed by atoms with E-state index in [0.29, 0.717) is 39.4 Å². The lowest BCUT2D eigenvalue weighted by molar-refractivity contribution is 0.0526. The van der Waals surface area contributed by atoms with Crippen LogP contribution in [-0.4, -0.2) is 26.1 Å². The standard InChI is InChI=1S/C22H19Cl2N3O4S2/c1-2-31-21(28)14-3-5-15(6-4-14)25-22(32)26-16-7-10-18(11-8-16)33(29,30)27-17-9-12-19(23)20(24)13-17/h3-13,27H,2H2,1H3,(H2,25,26,32). The van der Waals surface area contributed by atoms with Gasteiger partial charge in [-0.2, -0.15) is 0 Å². The SMILES string of the molecule is CCOC(=O)c1ccc(NC(=S)Nc2ccc(S(=O)(=O)Nc3ccc(Cl)c(Cl)c3)cc2)cc1. The van der Waals surface area contributed by atoms with Gasteiger partial charge in [0.1, 0.15) is 0 Å². The van der Waals surface area contributed by atoms with Gasteiger partial charge in [-0.05, 0) is 85.9 Å². The van der Waals surface area contributed by atoms with Gasteiger partial charge in [0.25, 0.3) is 10.0 Å². The smallest absolute Gasteiger partial charge is 0.338 e. The Labute approximate surface area is 207 Å². The first-order chi connectivity index (χ1) is 15.7. The van der Waals surface area contributed by atoms with Gasteiger partial charge in [-0.25, -0.2) is 13.2 Å². The van der Waals surface area contributed by atoms with Gasteiger partial charge in [0.2, 0.25) is 0 Å². The number of anilines is 3. The molecule has 0 aliphatic rings. The first kappa shape index (κ1) is 24.8. The van der Waals surface area contributed by atoms with E-state index in [2.05, 4.69) is 15.4 Å². The molecule has 0 atom stereocenters. The summed E-state index contributed by atoms with van der Waals surface area (Å²) in [6.45, 7) is 2.05. The largest absolute Gasteiger partial charge is 0.462 e. The first-order valence-electron chi connectivity index (χ1n) is 9.61. The van der Waals surface area contributed by atoms with Crippen LogP contribution in [0.2, 0.25) is 10.0 Å². The van der Waals surface area contributed by atoms with Gasteiger partial charge >= 0.3 is 5.97 Å². The lowest BCUT2D eigenvalue weighted by atomic mass is 10.2. The molecule has 3 aromatic rings. The van der Waals surface area contributed by atoms with Crippen molar-refractivity contribution >= 4 is 73.6 Å². The molecule has 3 N–H and O–H groups in total. The fourth-order valence-corrected chi connectivity index (χ4v) is 4.27. The van der Waals surface area contributed by atoms with Crippen molar-refractivity contribution in [3.8, 4) is 0 Å². The molecule has 0 spiro atoms. The van der Waals surface area contributed by atoms with Crippen molar-refractivity contribution in [1.82, 2.24) is 0 Å². The van der Waals surface area contributed by atoms with E-state index in [-0.39, 0.29) is 9.92 Å². The van der Waals surface area contributed by atoms with Gasteiger partial charge in [-0.1, -0.05) is 23.2 Å². The molecule has 0 heterocycles. The van der Waals surface area contributed by atoms with Crippen molar-refractivity contribution in [3.05, 3.63) is 82.3 Å². The fraction of sp³-hybridized carbons (Fsp3) is 0.0909. The minimum absolute atomic E-state index is 0.0626.